The van der Waals surface area contributed by atoms with Crippen molar-refractivity contribution >= 4 is 35.2 Å². The number of nitrogens with zero attached hydrogens (tertiary/aromatic N) is 1. The number of allylic oxidation sites excluding steroid dienone is 1. The van der Waals surface area contributed by atoms with Crippen molar-refractivity contribution in [1.82, 2.24) is 10.2 Å². The molecule has 1 aliphatic rings. The molecule has 1 heterocycles. The van der Waals surface area contributed by atoms with Crippen LogP contribution in [-0.4, -0.2) is 31.1 Å². The maximum Gasteiger partial charge on any atom is 0.337 e. The van der Waals surface area contributed by atoms with Gasteiger partial charge in [0.2, 0.25) is 0 Å². The van der Waals surface area contributed by atoms with Crippen LogP contribution in [0.1, 0.15) is 18.5 Å². The summed E-state index contributed by atoms with van der Waals surface area (Å²) in [4.78, 5) is 25.4. The van der Waals surface area contributed by atoms with Crippen molar-refractivity contribution < 1.29 is 14.3 Å². The van der Waals surface area contributed by atoms with E-state index in [1.165, 1.54) is 12.0 Å². The highest BCUT2D eigenvalue weighted by molar-refractivity contribution is 6.35. The molecule has 2 amide bonds. The summed E-state index contributed by atoms with van der Waals surface area (Å²) in [5.74, 6) is -0.518. The molecule has 21 heavy (non-hydrogen) atoms. The molecule has 2 rings (SSSR count). The fourth-order valence-corrected chi connectivity index (χ4v) is 2.70. The van der Waals surface area contributed by atoms with E-state index in [4.69, 9.17) is 27.9 Å². The van der Waals surface area contributed by atoms with E-state index in [-0.39, 0.29) is 6.03 Å². The van der Waals surface area contributed by atoms with Crippen molar-refractivity contribution in [2.45, 2.75) is 13.0 Å². The van der Waals surface area contributed by atoms with Crippen LogP contribution in [-0.2, 0) is 9.53 Å². The Hall–Kier alpha value is -1.72. The van der Waals surface area contributed by atoms with Crippen LogP contribution in [0.15, 0.2) is 29.5 Å². The molecule has 0 spiro atoms. The fraction of sp³-hybridized carbons (Fsp3) is 0.286. The quantitative estimate of drug-likeness (QED) is 0.848. The number of methoxy groups -OCH3 is 1. The predicted molar refractivity (Wildman–Crippen MR) is 80.2 cm³/mol. The van der Waals surface area contributed by atoms with Crippen LogP contribution in [0.2, 0.25) is 10.0 Å². The molecular weight excluding hydrogens is 315 g/mol. The van der Waals surface area contributed by atoms with Gasteiger partial charge in [-0.15, -0.1) is 0 Å². The number of carbonyl (C=O) groups excluding carboxylic acids is 2. The highest BCUT2D eigenvalue weighted by Crippen LogP contribution is 2.35. The van der Waals surface area contributed by atoms with Gasteiger partial charge >= 0.3 is 12.0 Å². The van der Waals surface area contributed by atoms with Gasteiger partial charge in [0.05, 0.1) is 18.7 Å². The molecule has 0 fully saturated rings. The molecule has 1 atom stereocenters. The summed E-state index contributed by atoms with van der Waals surface area (Å²) in [5, 5.41) is 3.58. The van der Waals surface area contributed by atoms with Crippen molar-refractivity contribution in [2.24, 2.45) is 0 Å². The Kier molecular flexibility index (Phi) is 4.44. The molecule has 1 aromatic rings. The zero-order valence-corrected chi connectivity index (χ0v) is 13.2. The molecular formula is C14H14Cl2N2O3. The minimum Gasteiger partial charge on any atom is -0.466 e. The van der Waals surface area contributed by atoms with E-state index in [0.29, 0.717) is 26.9 Å². The lowest BCUT2D eigenvalue weighted by atomic mass is 9.95. The number of nitrogens with one attached hydrogen (secondary N) is 1. The van der Waals surface area contributed by atoms with E-state index >= 15 is 0 Å². The average Bonchev–Trinajstić information content (AvgIpc) is 2.44. The largest absolute Gasteiger partial charge is 0.466 e. The van der Waals surface area contributed by atoms with Crippen LogP contribution in [0, 0.1) is 0 Å². The number of hydrogen-bond donors (Lipinski definition) is 1. The van der Waals surface area contributed by atoms with E-state index in [1.807, 2.05) is 0 Å². The highest BCUT2D eigenvalue weighted by Gasteiger charge is 2.35. The number of ether oxygens (including phenoxy) is 1. The van der Waals surface area contributed by atoms with Gasteiger partial charge in [0.1, 0.15) is 0 Å². The second-order valence-corrected chi connectivity index (χ2v) is 5.44. The number of hydrogen-bond acceptors (Lipinski definition) is 3. The Bertz CT molecular complexity index is 643. The maximum atomic E-state index is 12.1. The number of rotatable bonds is 2. The molecule has 0 saturated heterocycles. The molecule has 1 N–H and O–H groups in total. The first-order chi connectivity index (χ1) is 9.86. The van der Waals surface area contributed by atoms with Crippen molar-refractivity contribution in [3.05, 3.63) is 45.1 Å². The first-order valence-corrected chi connectivity index (χ1v) is 6.90. The van der Waals surface area contributed by atoms with Crippen LogP contribution < -0.4 is 5.32 Å². The second-order valence-electron chi connectivity index (χ2n) is 4.60. The number of benzene rings is 1. The van der Waals surface area contributed by atoms with Crippen LogP contribution >= 0.6 is 23.2 Å². The summed E-state index contributed by atoms with van der Waals surface area (Å²) in [6.45, 7) is 1.68. The average molecular weight is 329 g/mol. The van der Waals surface area contributed by atoms with Gasteiger partial charge in [0, 0.05) is 22.8 Å². The van der Waals surface area contributed by atoms with Crippen molar-refractivity contribution in [3.8, 4) is 0 Å². The predicted octanol–water partition coefficient (Wildman–Crippen LogP) is 3.14. The summed E-state index contributed by atoms with van der Waals surface area (Å²) in [5.41, 5.74) is 1.44. The van der Waals surface area contributed by atoms with E-state index in [2.05, 4.69) is 5.32 Å². The van der Waals surface area contributed by atoms with Gasteiger partial charge in [-0.1, -0.05) is 29.3 Å². The first kappa shape index (κ1) is 15.7. The molecule has 1 aromatic carbocycles. The van der Waals surface area contributed by atoms with Crippen LogP contribution in [0.4, 0.5) is 4.79 Å². The van der Waals surface area contributed by atoms with E-state index in [9.17, 15) is 9.59 Å². The SMILES string of the molecule is COC(=O)C1=C(C)N(C)C(=O)NC1c1ccc(Cl)cc1Cl. The van der Waals surface area contributed by atoms with Crippen molar-refractivity contribution in [2.75, 3.05) is 14.2 Å². The Morgan fingerprint density at radius 2 is 2.05 bits per heavy atom. The second kappa shape index (κ2) is 5.95. The summed E-state index contributed by atoms with van der Waals surface area (Å²) < 4.78 is 4.82. The molecule has 5 nitrogen and oxygen atoms in total. The molecule has 1 aliphatic heterocycles. The third kappa shape index (κ3) is 2.84. The topological polar surface area (TPSA) is 58.6 Å². The number of urea groups is 1. The molecule has 0 radical (unpaired) electrons. The van der Waals surface area contributed by atoms with Gasteiger partial charge in [-0.25, -0.2) is 9.59 Å². The van der Waals surface area contributed by atoms with E-state index < -0.39 is 12.0 Å². The Balaban J connectivity index is 2.59. The molecule has 0 bridgehead atoms. The molecule has 112 valence electrons. The fourth-order valence-electron chi connectivity index (χ4n) is 2.18. The molecule has 7 heteroatoms. The maximum absolute atomic E-state index is 12.1. The molecule has 1 unspecified atom stereocenters. The lowest BCUT2D eigenvalue weighted by molar-refractivity contribution is -0.136. The monoisotopic (exact) mass is 328 g/mol. The lowest BCUT2D eigenvalue weighted by Crippen LogP contribution is -2.46. The number of halogens is 2. The summed E-state index contributed by atoms with van der Waals surface area (Å²) >= 11 is 12.1. The van der Waals surface area contributed by atoms with Gasteiger partial charge in [0.15, 0.2) is 0 Å². The van der Waals surface area contributed by atoms with E-state index in [1.54, 1.807) is 32.2 Å². The van der Waals surface area contributed by atoms with Gasteiger partial charge in [-0.3, -0.25) is 0 Å². The number of esters is 1. The van der Waals surface area contributed by atoms with Gasteiger partial charge in [-0.2, -0.15) is 0 Å². The van der Waals surface area contributed by atoms with Crippen LogP contribution in [0.5, 0.6) is 0 Å². The van der Waals surface area contributed by atoms with E-state index in [0.717, 1.165) is 0 Å². The van der Waals surface area contributed by atoms with Crippen molar-refractivity contribution in [3.63, 3.8) is 0 Å². The number of amides is 2. The zero-order chi connectivity index (χ0) is 15.7. The van der Waals surface area contributed by atoms with Gasteiger partial charge < -0.3 is 15.0 Å². The van der Waals surface area contributed by atoms with Crippen molar-refractivity contribution in [1.29, 1.82) is 0 Å². The smallest absolute Gasteiger partial charge is 0.337 e. The minimum atomic E-state index is -0.675. The first-order valence-electron chi connectivity index (χ1n) is 6.15. The molecule has 0 aliphatic carbocycles. The molecule has 0 saturated carbocycles. The Morgan fingerprint density at radius 3 is 2.62 bits per heavy atom. The highest BCUT2D eigenvalue weighted by atomic mass is 35.5. The number of carbonyl (C=O) groups is 2. The van der Waals surface area contributed by atoms with Crippen LogP contribution in [0.25, 0.3) is 0 Å². The third-order valence-corrected chi connectivity index (χ3v) is 4.00. The van der Waals surface area contributed by atoms with Gasteiger partial charge in [-0.05, 0) is 24.6 Å². The summed E-state index contributed by atoms with van der Waals surface area (Å²) in [6, 6.07) is 3.89. The molecule has 0 aromatic heterocycles. The summed E-state index contributed by atoms with van der Waals surface area (Å²) in [6.07, 6.45) is 0. The normalized spacial score (nSPS) is 18.6. The standard InChI is InChI=1S/C14H14Cl2N2O3/c1-7-11(13(19)21-3)12(17-14(20)18(7)2)9-5-4-8(15)6-10(9)16/h4-6,12H,1-3H3,(H,17,20). The van der Waals surface area contributed by atoms with Crippen LogP contribution in [0.3, 0.4) is 0 Å². The van der Waals surface area contributed by atoms with Gasteiger partial charge in [0.25, 0.3) is 0 Å². The Labute approximate surface area is 132 Å². The minimum absolute atomic E-state index is 0.323. The zero-order valence-electron chi connectivity index (χ0n) is 11.7. The Morgan fingerprint density at radius 1 is 1.38 bits per heavy atom. The third-order valence-electron chi connectivity index (χ3n) is 3.43. The summed E-state index contributed by atoms with van der Waals surface area (Å²) in [7, 11) is 2.87. The lowest BCUT2D eigenvalue weighted by Gasteiger charge is -2.33.